The lowest BCUT2D eigenvalue weighted by Gasteiger charge is -2.11. The zero-order valence-corrected chi connectivity index (χ0v) is 17.4. The van der Waals surface area contributed by atoms with Crippen LogP contribution in [0.4, 0.5) is 0 Å². The lowest BCUT2D eigenvalue weighted by Crippen LogP contribution is -2.18. The molecule has 0 saturated heterocycles. The Labute approximate surface area is 188 Å². The van der Waals surface area contributed by atoms with E-state index >= 15 is 0 Å². The fourth-order valence-electron chi connectivity index (χ4n) is 3.12. The van der Waals surface area contributed by atoms with E-state index < -0.39 is 11.9 Å². The normalized spacial score (nSPS) is 10.9. The molecule has 0 aliphatic rings. The average molecular weight is 445 g/mol. The van der Waals surface area contributed by atoms with Crippen LogP contribution < -0.4 is 10.2 Å². The van der Waals surface area contributed by atoms with E-state index in [4.69, 9.17) is 16.3 Å². The largest absolute Gasteiger partial charge is 0.507 e. The molecule has 0 aliphatic heterocycles. The molecule has 0 aliphatic carbocycles. The van der Waals surface area contributed by atoms with Gasteiger partial charge in [-0.05, 0) is 53.2 Å². The highest BCUT2D eigenvalue weighted by molar-refractivity contribution is 6.30. The monoisotopic (exact) mass is 444 g/mol. The van der Waals surface area contributed by atoms with Crippen molar-refractivity contribution in [2.45, 2.75) is 0 Å². The molecule has 0 atom stereocenters. The summed E-state index contributed by atoms with van der Waals surface area (Å²) in [5.41, 5.74) is 3.34. The van der Waals surface area contributed by atoms with Crippen molar-refractivity contribution in [3.8, 4) is 11.5 Å². The third-order valence-corrected chi connectivity index (χ3v) is 4.97. The highest BCUT2D eigenvalue weighted by atomic mass is 35.5. The van der Waals surface area contributed by atoms with Gasteiger partial charge in [-0.25, -0.2) is 10.2 Å². The van der Waals surface area contributed by atoms with Crippen molar-refractivity contribution >= 4 is 40.5 Å². The number of nitrogens with one attached hydrogen (secondary N) is 1. The molecule has 158 valence electrons. The number of hydrogen-bond acceptors (Lipinski definition) is 5. The summed E-state index contributed by atoms with van der Waals surface area (Å²) < 4.78 is 5.61. The lowest BCUT2D eigenvalue weighted by atomic mass is 10.0. The van der Waals surface area contributed by atoms with E-state index in [1.807, 2.05) is 30.3 Å². The van der Waals surface area contributed by atoms with Crippen molar-refractivity contribution in [2.24, 2.45) is 5.10 Å². The highest BCUT2D eigenvalue weighted by Crippen LogP contribution is 2.27. The Hall–Kier alpha value is -4.16. The van der Waals surface area contributed by atoms with Crippen LogP contribution in [-0.4, -0.2) is 23.2 Å². The standard InChI is InChI=1S/C25H17ClN2O4/c26-18-12-9-17(10-13-18)25(31)32-23-14-11-16-5-1-2-6-19(16)21(23)15-27-28-24(30)20-7-3-4-8-22(20)29/h1-15,29H,(H,28,30)/b27-15-. The predicted octanol–water partition coefficient (Wildman–Crippen LogP) is 5.18. The molecule has 4 rings (SSSR count). The van der Waals surface area contributed by atoms with Gasteiger partial charge in [0.15, 0.2) is 0 Å². The van der Waals surface area contributed by atoms with Gasteiger partial charge in [-0.2, -0.15) is 5.10 Å². The molecule has 1 amide bonds. The molecule has 0 spiro atoms. The van der Waals surface area contributed by atoms with Crippen molar-refractivity contribution in [1.82, 2.24) is 5.43 Å². The Balaban J connectivity index is 1.63. The van der Waals surface area contributed by atoms with E-state index in [1.54, 1.807) is 42.5 Å². The number of hydrogen-bond donors (Lipinski definition) is 2. The number of aromatic hydroxyl groups is 1. The van der Waals surface area contributed by atoms with Crippen LogP contribution in [0.1, 0.15) is 26.3 Å². The minimum Gasteiger partial charge on any atom is -0.507 e. The van der Waals surface area contributed by atoms with Crippen LogP contribution in [0.2, 0.25) is 5.02 Å². The number of para-hydroxylation sites is 1. The number of carbonyl (C=O) groups excluding carboxylic acids is 2. The van der Waals surface area contributed by atoms with Gasteiger partial charge in [0.25, 0.3) is 5.91 Å². The maximum Gasteiger partial charge on any atom is 0.343 e. The highest BCUT2D eigenvalue weighted by Gasteiger charge is 2.14. The van der Waals surface area contributed by atoms with Crippen molar-refractivity contribution in [2.75, 3.05) is 0 Å². The Kier molecular flexibility index (Phi) is 6.14. The van der Waals surface area contributed by atoms with E-state index in [-0.39, 0.29) is 17.1 Å². The van der Waals surface area contributed by atoms with Crippen LogP contribution in [0.25, 0.3) is 10.8 Å². The molecule has 0 aromatic heterocycles. The molecule has 0 bridgehead atoms. The number of phenols is 1. The molecule has 32 heavy (non-hydrogen) atoms. The third-order valence-electron chi connectivity index (χ3n) is 4.72. The number of amides is 1. The fourth-order valence-corrected chi connectivity index (χ4v) is 3.25. The zero-order chi connectivity index (χ0) is 22.5. The summed E-state index contributed by atoms with van der Waals surface area (Å²) in [6, 6.07) is 23.5. The van der Waals surface area contributed by atoms with Gasteiger partial charge in [-0.3, -0.25) is 4.79 Å². The third kappa shape index (κ3) is 4.61. The summed E-state index contributed by atoms with van der Waals surface area (Å²) in [5.74, 6) is -0.990. The molecule has 2 N–H and O–H groups in total. The number of halogens is 1. The van der Waals surface area contributed by atoms with Crippen molar-refractivity contribution in [3.05, 3.63) is 107 Å². The van der Waals surface area contributed by atoms with Gasteiger partial charge in [-0.15, -0.1) is 0 Å². The minimum atomic E-state index is -0.570. The van der Waals surface area contributed by atoms with Crippen LogP contribution in [0, 0.1) is 0 Å². The summed E-state index contributed by atoms with van der Waals surface area (Å²) >= 11 is 5.88. The molecule has 4 aromatic rings. The molecular formula is C25H17ClN2O4. The average Bonchev–Trinajstić information content (AvgIpc) is 2.80. The second kappa shape index (κ2) is 9.32. The molecule has 0 unspecified atom stereocenters. The topological polar surface area (TPSA) is 88.0 Å². The molecule has 0 saturated carbocycles. The second-order valence-electron chi connectivity index (χ2n) is 6.81. The number of carbonyl (C=O) groups is 2. The molecule has 7 heteroatoms. The van der Waals surface area contributed by atoms with Crippen LogP contribution in [0.15, 0.2) is 90.0 Å². The maximum atomic E-state index is 12.6. The molecular weight excluding hydrogens is 428 g/mol. The quantitative estimate of drug-likeness (QED) is 0.192. The molecule has 0 heterocycles. The van der Waals surface area contributed by atoms with E-state index in [0.29, 0.717) is 16.1 Å². The first-order valence-electron chi connectivity index (χ1n) is 9.64. The summed E-state index contributed by atoms with van der Waals surface area (Å²) in [6.45, 7) is 0. The van der Waals surface area contributed by atoms with Gasteiger partial charge in [0.1, 0.15) is 11.5 Å². The molecule has 6 nitrogen and oxygen atoms in total. The molecule has 4 aromatic carbocycles. The number of benzene rings is 4. The van der Waals surface area contributed by atoms with Gasteiger partial charge < -0.3 is 9.84 Å². The Bertz CT molecular complexity index is 1330. The molecule has 0 fully saturated rings. The lowest BCUT2D eigenvalue weighted by molar-refractivity contribution is 0.0734. The van der Waals surface area contributed by atoms with Crippen molar-refractivity contribution < 1.29 is 19.4 Å². The number of ether oxygens (including phenoxy) is 1. The first-order chi connectivity index (χ1) is 15.5. The molecule has 0 radical (unpaired) electrons. The number of nitrogens with zero attached hydrogens (tertiary/aromatic N) is 1. The van der Waals surface area contributed by atoms with Crippen LogP contribution in [0.5, 0.6) is 11.5 Å². The van der Waals surface area contributed by atoms with Gasteiger partial charge in [0.2, 0.25) is 0 Å². The number of fused-ring (bicyclic) bond motifs is 1. The first kappa shape index (κ1) is 21.1. The van der Waals surface area contributed by atoms with Crippen molar-refractivity contribution in [1.29, 1.82) is 0 Å². The summed E-state index contributed by atoms with van der Waals surface area (Å²) in [7, 11) is 0. The Morgan fingerprint density at radius 1 is 0.906 bits per heavy atom. The first-order valence-corrected chi connectivity index (χ1v) is 10.0. The number of rotatable bonds is 5. The maximum absolute atomic E-state index is 12.6. The van der Waals surface area contributed by atoms with Crippen LogP contribution in [-0.2, 0) is 0 Å². The Morgan fingerprint density at radius 2 is 1.62 bits per heavy atom. The predicted molar refractivity (Wildman–Crippen MR) is 124 cm³/mol. The number of phenolic OH excluding ortho intramolecular Hbond substituents is 1. The van der Waals surface area contributed by atoms with E-state index in [1.165, 1.54) is 18.3 Å². The zero-order valence-electron chi connectivity index (χ0n) is 16.7. The van der Waals surface area contributed by atoms with E-state index in [2.05, 4.69) is 10.5 Å². The van der Waals surface area contributed by atoms with Crippen LogP contribution >= 0.6 is 11.6 Å². The van der Waals surface area contributed by atoms with E-state index in [9.17, 15) is 14.7 Å². The van der Waals surface area contributed by atoms with Gasteiger partial charge >= 0.3 is 5.97 Å². The van der Waals surface area contributed by atoms with Crippen molar-refractivity contribution in [3.63, 3.8) is 0 Å². The Morgan fingerprint density at radius 3 is 2.41 bits per heavy atom. The number of hydrazone groups is 1. The smallest absolute Gasteiger partial charge is 0.343 e. The summed E-state index contributed by atoms with van der Waals surface area (Å²) in [4.78, 5) is 24.9. The summed E-state index contributed by atoms with van der Waals surface area (Å²) in [5, 5.41) is 16.1. The van der Waals surface area contributed by atoms with Gasteiger partial charge in [-0.1, -0.05) is 54.1 Å². The van der Waals surface area contributed by atoms with Crippen LogP contribution in [0.3, 0.4) is 0 Å². The number of esters is 1. The van der Waals surface area contributed by atoms with E-state index in [0.717, 1.165) is 10.8 Å². The minimum absolute atomic E-state index is 0.0944. The van der Waals surface area contributed by atoms with Gasteiger partial charge in [0, 0.05) is 10.6 Å². The summed E-state index contributed by atoms with van der Waals surface area (Å²) in [6.07, 6.45) is 1.41. The SMILES string of the molecule is O=C(Oc1ccc2ccccc2c1/C=N\NC(=O)c1ccccc1O)c1ccc(Cl)cc1. The fraction of sp³-hybridized carbons (Fsp3) is 0. The van der Waals surface area contributed by atoms with Gasteiger partial charge in [0.05, 0.1) is 17.3 Å². The second-order valence-corrected chi connectivity index (χ2v) is 7.25.